The molecule has 0 spiro atoms. The summed E-state index contributed by atoms with van der Waals surface area (Å²) in [4.78, 5) is 11.4. The number of methoxy groups -OCH3 is 1. The molecule has 0 aliphatic heterocycles. The van der Waals surface area contributed by atoms with Gasteiger partial charge in [-0.2, -0.15) is 0 Å². The second-order valence-electron chi connectivity index (χ2n) is 5.10. The third kappa shape index (κ3) is 7.07. The zero-order valence-corrected chi connectivity index (χ0v) is 14.5. The Bertz CT molecular complexity index is 449. The Kier molecular flexibility index (Phi) is 8.57. The topological polar surface area (TPSA) is 47.6 Å². The van der Waals surface area contributed by atoms with Gasteiger partial charge in [-0.25, -0.2) is 4.79 Å². The second-order valence-corrected chi connectivity index (χ2v) is 5.96. The third-order valence-electron chi connectivity index (χ3n) is 2.99. The van der Waals surface area contributed by atoms with Gasteiger partial charge in [-0.3, -0.25) is 0 Å². The van der Waals surface area contributed by atoms with Crippen molar-refractivity contribution in [1.82, 2.24) is 5.32 Å². The Hall–Kier alpha value is -0.910. The van der Waals surface area contributed by atoms with Crippen LogP contribution in [0.25, 0.3) is 0 Å². The second kappa shape index (κ2) is 9.92. The Morgan fingerprint density at radius 2 is 2.10 bits per heavy atom. The largest absolute Gasteiger partial charge is 0.465 e. The van der Waals surface area contributed by atoms with Gasteiger partial charge < -0.3 is 14.8 Å². The number of unbranched alkanes of at least 4 members (excludes halogenated alkanes) is 1. The van der Waals surface area contributed by atoms with Crippen LogP contribution in [0.3, 0.4) is 0 Å². The van der Waals surface area contributed by atoms with Crippen molar-refractivity contribution in [3.05, 3.63) is 33.8 Å². The molecule has 1 aromatic rings. The van der Waals surface area contributed by atoms with E-state index in [4.69, 9.17) is 9.47 Å². The Morgan fingerprint density at radius 3 is 2.71 bits per heavy atom. The number of hydrogen-bond acceptors (Lipinski definition) is 4. The molecule has 1 rings (SSSR count). The lowest BCUT2D eigenvalue weighted by Crippen LogP contribution is -2.16. The summed E-state index contributed by atoms with van der Waals surface area (Å²) in [5.74, 6) is -0.319. The molecule has 0 amide bonds. The summed E-state index contributed by atoms with van der Waals surface area (Å²) >= 11 is 3.49. The summed E-state index contributed by atoms with van der Waals surface area (Å²) < 4.78 is 11.1. The van der Waals surface area contributed by atoms with E-state index in [1.54, 1.807) is 12.1 Å². The van der Waals surface area contributed by atoms with Crippen LogP contribution in [-0.2, 0) is 16.0 Å². The van der Waals surface area contributed by atoms with Crippen molar-refractivity contribution in [3.8, 4) is 0 Å². The molecule has 0 bridgehead atoms. The van der Waals surface area contributed by atoms with Gasteiger partial charge >= 0.3 is 5.97 Å². The molecule has 0 atom stereocenters. The van der Waals surface area contributed by atoms with Gasteiger partial charge in [0.2, 0.25) is 0 Å². The molecule has 0 saturated heterocycles. The van der Waals surface area contributed by atoms with Gasteiger partial charge in [0.15, 0.2) is 0 Å². The molecular weight excluding hydrogens is 334 g/mol. The van der Waals surface area contributed by atoms with Gasteiger partial charge in [-0.05, 0) is 50.9 Å². The van der Waals surface area contributed by atoms with Crippen LogP contribution < -0.4 is 5.32 Å². The molecule has 0 aromatic heterocycles. The first-order valence-corrected chi connectivity index (χ1v) is 8.03. The average molecular weight is 358 g/mol. The van der Waals surface area contributed by atoms with Crippen LogP contribution >= 0.6 is 15.9 Å². The fourth-order valence-electron chi connectivity index (χ4n) is 1.83. The summed E-state index contributed by atoms with van der Waals surface area (Å²) in [6, 6.07) is 5.51. The number of ether oxygens (including phenoxy) is 2. The molecule has 4 nitrogen and oxygen atoms in total. The molecule has 118 valence electrons. The number of halogens is 1. The van der Waals surface area contributed by atoms with Gasteiger partial charge in [0.1, 0.15) is 0 Å². The molecule has 0 unspecified atom stereocenters. The highest BCUT2D eigenvalue weighted by atomic mass is 79.9. The van der Waals surface area contributed by atoms with E-state index in [1.165, 1.54) is 7.11 Å². The molecule has 1 aromatic carbocycles. The van der Waals surface area contributed by atoms with Gasteiger partial charge in [0, 0.05) is 17.6 Å². The Labute approximate surface area is 135 Å². The molecule has 0 radical (unpaired) electrons. The predicted octanol–water partition coefficient (Wildman–Crippen LogP) is 3.53. The van der Waals surface area contributed by atoms with Crippen molar-refractivity contribution in [2.75, 3.05) is 20.3 Å². The number of esters is 1. The smallest absolute Gasteiger partial charge is 0.337 e. The molecule has 21 heavy (non-hydrogen) atoms. The lowest BCUT2D eigenvalue weighted by molar-refractivity contribution is 0.0600. The number of nitrogens with one attached hydrogen (secondary N) is 1. The number of carbonyl (C=O) groups is 1. The first-order chi connectivity index (χ1) is 10.0. The highest BCUT2D eigenvalue weighted by Gasteiger charge is 2.08. The summed E-state index contributed by atoms with van der Waals surface area (Å²) in [5, 5.41) is 3.39. The Morgan fingerprint density at radius 1 is 1.33 bits per heavy atom. The maximum Gasteiger partial charge on any atom is 0.337 e. The van der Waals surface area contributed by atoms with Crippen molar-refractivity contribution >= 4 is 21.9 Å². The van der Waals surface area contributed by atoms with Crippen LogP contribution in [0.2, 0.25) is 0 Å². The van der Waals surface area contributed by atoms with E-state index in [-0.39, 0.29) is 5.97 Å². The monoisotopic (exact) mass is 357 g/mol. The molecule has 1 N–H and O–H groups in total. The minimum Gasteiger partial charge on any atom is -0.465 e. The maximum absolute atomic E-state index is 11.4. The zero-order valence-electron chi connectivity index (χ0n) is 12.9. The van der Waals surface area contributed by atoms with Crippen LogP contribution in [0.4, 0.5) is 0 Å². The summed E-state index contributed by atoms with van der Waals surface area (Å²) in [6.45, 7) is 6.64. The van der Waals surface area contributed by atoms with E-state index in [0.717, 1.165) is 42.6 Å². The first-order valence-electron chi connectivity index (χ1n) is 7.23. The molecule has 0 aliphatic rings. The quantitative estimate of drug-likeness (QED) is 0.542. The maximum atomic E-state index is 11.4. The van der Waals surface area contributed by atoms with E-state index in [1.807, 2.05) is 19.9 Å². The van der Waals surface area contributed by atoms with Gasteiger partial charge in [0.25, 0.3) is 0 Å². The van der Waals surface area contributed by atoms with Crippen LogP contribution in [0.1, 0.15) is 42.6 Å². The molecule has 0 fully saturated rings. The number of benzene rings is 1. The van der Waals surface area contributed by atoms with Crippen molar-refractivity contribution in [2.45, 2.75) is 39.3 Å². The summed E-state index contributed by atoms with van der Waals surface area (Å²) in [6.07, 6.45) is 2.46. The standard InChI is InChI=1S/C16H24BrNO3/c1-12(2)21-9-5-4-8-18-11-14-7-6-13(10-15(14)17)16(19)20-3/h6-7,10,12,18H,4-5,8-9,11H2,1-3H3. The number of rotatable bonds is 9. The van der Waals surface area contributed by atoms with Crippen LogP contribution in [0.5, 0.6) is 0 Å². The third-order valence-corrected chi connectivity index (χ3v) is 3.73. The minimum atomic E-state index is -0.319. The molecule has 5 heteroatoms. The van der Waals surface area contributed by atoms with E-state index in [9.17, 15) is 4.79 Å². The summed E-state index contributed by atoms with van der Waals surface area (Å²) in [5.41, 5.74) is 1.68. The molecule has 0 heterocycles. The summed E-state index contributed by atoms with van der Waals surface area (Å²) in [7, 11) is 1.38. The molecule has 0 aliphatic carbocycles. The highest BCUT2D eigenvalue weighted by molar-refractivity contribution is 9.10. The minimum absolute atomic E-state index is 0.308. The normalized spacial score (nSPS) is 10.9. The van der Waals surface area contributed by atoms with Gasteiger partial charge in [0.05, 0.1) is 18.8 Å². The number of carbonyl (C=O) groups excluding carboxylic acids is 1. The van der Waals surface area contributed by atoms with E-state index < -0.39 is 0 Å². The zero-order chi connectivity index (χ0) is 15.7. The predicted molar refractivity (Wildman–Crippen MR) is 87.5 cm³/mol. The van der Waals surface area contributed by atoms with Crippen LogP contribution in [0.15, 0.2) is 22.7 Å². The average Bonchev–Trinajstić information content (AvgIpc) is 2.46. The SMILES string of the molecule is COC(=O)c1ccc(CNCCCCOC(C)C)c(Br)c1. The van der Waals surface area contributed by atoms with E-state index in [2.05, 4.69) is 21.2 Å². The van der Waals surface area contributed by atoms with Crippen molar-refractivity contribution < 1.29 is 14.3 Å². The highest BCUT2D eigenvalue weighted by Crippen LogP contribution is 2.19. The van der Waals surface area contributed by atoms with Crippen LogP contribution in [0, 0.1) is 0 Å². The van der Waals surface area contributed by atoms with Gasteiger partial charge in [-0.15, -0.1) is 0 Å². The van der Waals surface area contributed by atoms with Crippen molar-refractivity contribution in [1.29, 1.82) is 0 Å². The van der Waals surface area contributed by atoms with E-state index in [0.29, 0.717) is 11.7 Å². The van der Waals surface area contributed by atoms with Crippen molar-refractivity contribution in [3.63, 3.8) is 0 Å². The van der Waals surface area contributed by atoms with Gasteiger partial charge in [-0.1, -0.05) is 22.0 Å². The molecular formula is C16H24BrNO3. The molecule has 0 saturated carbocycles. The van der Waals surface area contributed by atoms with E-state index >= 15 is 0 Å². The number of hydrogen-bond donors (Lipinski definition) is 1. The first kappa shape index (κ1) is 18.1. The lowest BCUT2D eigenvalue weighted by atomic mass is 10.1. The van der Waals surface area contributed by atoms with Crippen molar-refractivity contribution in [2.24, 2.45) is 0 Å². The fourth-order valence-corrected chi connectivity index (χ4v) is 2.35. The fraction of sp³-hybridized carbons (Fsp3) is 0.562. The Balaban J connectivity index is 2.28. The van der Waals surface area contributed by atoms with Crippen LogP contribution in [-0.4, -0.2) is 32.3 Å². The lowest BCUT2D eigenvalue weighted by Gasteiger charge is -2.09.